The van der Waals surface area contributed by atoms with Crippen molar-refractivity contribution in [3.8, 4) is 0 Å². The molecule has 4 rings (SSSR count). The monoisotopic (exact) mass is 349 g/mol. The highest BCUT2D eigenvalue weighted by Crippen LogP contribution is 2.39. The van der Waals surface area contributed by atoms with Gasteiger partial charge in [-0.3, -0.25) is 0 Å². The van der Waals surface area contributed by atoms with Crippen LogP contribution in [0, 0.1) is 5.82 Å². The highest BCUT2D eigenvalue weighted by Gasteiger charge is 2.32. The lowest BCUT2D eigenvalue weighted by molar-refractivity contribution is 0.0923. The molecule has 0 saturated carbocycles. The third-order valence-corrected chi connectivity index (χ3v) is 4.38. The van der Waals surface area contributed by atoms with Crippen LogP contribution in [0.4, 0.5) is 10.2 Å². The van der Waals surface area contributed by atoms with E-state index in [1.54, 1.807) is 12.1 Å². The SMILES string of the molecule is CC.Fc1ccc(C2OCc3c2nc(Cl)nc3N2CCCC2)cc1. The van der Waals surface area contributed by atoms with Crippen molar-refractivity contribution in [3.05, 3.63) is 52.2 Å². The van der Waals surface area contributed by atoms with E-state index in [2.05, 4.69) is 14.9 Å². The van der Waals surface area contributed by atoms with Crippen LogP contribution in [0.25, 0.3) is 0 Å². The van der Waals surface area contributed by atoms with Crippen molar-refractivity contribution < 1.29 is 9.13 Å². The molecule has 0 spiro atoms. The number of hydrogen-bond donors (Lipinski definition) is 0. The molecular weight excluding hydrogens is 329 g/mol. The largest absolute Gasteiger partial charge is 0.362 e. The molecule has 4 nitrogen and oxygen atoms in total. The van der Waals surface area contributed by atoms with Gasteiger partial charge in [0.05, 0.1) is 12.3 Å². The predicted molar refractivity (Wildman–Crippen MR) is 92.9 cm³/mol. The first-order chi connectivity index (χ1) is 11.7. The summed E-state index contributed by atoms with van der Waals surface area (Å²) in [6, 6.07) is 6.31. The van der Waals surface area contributed by atoms with E-state index in [9.17, 15) is 4.39 Å². The topological polar surface area (TPSA) is 38.3 Å². The maximum Gasteiger partial charge on any atom is 0.224 e. The number of hydrogen-bond acceptors (Lipinski definition) is 4. The third-order valence-electron chi connectivity index (χ3n) is 4.21. The minimum Gasteiger partial charge on any atom is -0.362 e. The summed E-state index contributed by atoms with van der Waals surface area (Å²) in [7, 11) is 0. The average molecular weight is 350 g/mol. The maximum atomic E-state index is 13.1. The van der Waals surface area contributed by atoms with Gasteiger partial charge in [-0.25, -0.2) is 14.4 Å². The molecule has 2 aromatic rings. The molecule has 1 saturated heterocycles. The Labute approximate surface area is 146 Å². The van der Waals surface area contributed by atoms with Gasteiger partial charge in [0, 0.05) is 18.7 Å². The van der Waals surface area contributed by atoms with Crippen LogP contribution in [0.15, 0.2) is 24.3 Å². The summed E-state index contributed by atoms with van der Waals surface area (Å²) < 4.78 is 19.0. The van der Waals surface area contributed by atoms with Crippen LogP contribution in [0.3, 0.4) is 0 Å². The maximum absolute atomic E-state index is 13.1. The van der Waals surface area contributed by atoms with Crippen molar-refractivity contribution in [1.82, 2.24) is 9.97 Å². The lowest BCUT2D eigenvalue weighted by Gasteiger charge is -2.19. The third kappa shape index (κ3) is 3.23. The highest BCUT2D eigenvalue weighted by molar-refractivity contribution is 6.28. The van der Waals surface area contributed by atoms with Crippen molar-refractivity contribution in [2.75, 3.05) is 18.0 Å². The Bertz CT molecular complexity index is 702. The number of benzene rings is 1. The van der Waals surface area contributed by atoms with E-state index in [1.165, 1.54) is 25.0 Å². The molecule has 2 aliphatic heterocycles. The minimum atomic E-state index is -0.308. The molecule has 1 unspecified atom stereocenters. The van der Waals surface area contributed by atoms with Crippen LogP contribution in [-0.2, 0) is 11.3 Å². The summed E-state index contributed by atoms with van der Waals surface area (Å²) >= 11 is 6.12. The van der Waals surface area contributed by atoms with Crippen molar-refractivity contribution in [1.29, 1.82) is 0 Å². The number of fused-ring (bicyclic) bond motifs is 1. The molecular formula is C18H21ClFN3O. The fraction of sp³-hybridized carbons (Fsp3) is 0.444. The zero-order valence-electron chi connectivity index (χ0n) is 13.9. The van der Waals surface area contributed by atoms with Gasteiger partial charge in [-0.15, -0.1) is 0 Å². The van der Waals surface area contributed by atoms with Crippen LogP contribution >= 0.6 is 11.6 Å². The number of ether oxygens (including phenoxy) is 1. The van der Waals surface area contributed by atoms with E-state index in [4.69, 9.17) is 16.3 Å². The van der Waals surface area contributed by atoms with E-state index >= 15 is 0 Å². The summed E-state index contributed by atoms with van der Waals surface area (Å²) in [5.41, 5.74) is 2.68. The van der Waals surface area contributed by atoms with Crippen LogP contribution in [0.1, 0.15) is 49.6 Å². The molecule has 1 atom stereocenters. The first-order valence-corrected chi connectivity index (χ1v) is 8.78. The molecule has 1 aromatic carbocycles. The summed E-state index contributed by atoms with van der Waals surface area (Å²) in [6.07, 6.45) is 2.02. The second-order valence-electron chi connectivity index (χ2n) is 5.62. The Morgan fingerprint density at radius 3 is 2.46 bits per heavy atom. The molecule has 6 heteroatoms. The van der Waals surface area contributed by atoms with E-state index < -0.39 is 0 Å². The summed E-state index contributed by atoms with van der Waals surface area (Å²) in [5.74, 6) is 0.623. The molecule has 128 valence electrons. The summed E-state index contributed by atoms with van der Waals surface area (Å²) in [4.78, 5) is 11.0. The first kappa shape index (κ1) is 17.1. The van der Waals surface area contributed by atoms with Gasteiger partial charge in [0.15, 0.2) is 0 Å². The van der Waals surface area contributed by atoms with Crippen molar-refractivity contribution in [2.24, 2.45) is 0 Å². The van der Waals surface area contributed by atoms with Crippen molar-refractivity contribution in [2.45, 2.75) is 39.4 Å². The summed E-state index contributed by atoms with van der Waals surface area (Å²) in [5, 5.41) is 0.235. The zero-order chi connectivity index (χ0) is 17.1. The van der Waals surface area contributed by atoms with E-state index in [1.807, 2.05) is 13.8 Å². The first-order valence-electron chi connectivity index (χ1n) is 8.41. The highest BCUT2D eigenvalue weighted by atomic mass is 35.5. The molecule has 0 radical (unpaired) electrons. The van der Waals surface area contributed by atoms with E-state index in [-0.39, 0.29) is 17.2 Å². The Balaban J connectivity index is 0.000000815. The molecule has 3 heterocycles. The molecule has 1 fully saturated rings. The van der Waals surface area contributed by atoms with Gasteiger partial charge in [0.2, 0.25) is 5.28 Å². The van der Waals surface area contributed by atoms with Crippen LogP contribution in [0.5, 0.6) is 0 Å². The van der Waals surface area contributed by atoms with E-state index in [0.29, 0.717) is 6.61 Å². The van der Waals surface area contributed by atoms with Gasteiger partial charge in [-0.1, -0.05) is 26.0 Å². The second-order valence-corrected chi connectivity index (χ2v) is 5.95. The van der Waals surface area contributed by atoms with Crippen LogP contribution in [0.2, 0.25) is 5.28 Å². The molecule has 24 heavy (non-hydrogen) atoms. The normalized spacial score (nSPS) is 19.0. The van der Waals surface area contributed by atoms with Gasteiger partial charge in [0.1, 0.15) is 17.7 Å². The number of nitrogens with zero attached hydrogens (tertiary/aromatic N) is 3. The van der Waals surface area contributed by atoms with Gasteiger partial charge >= 0.3 is 0 Å². The van der Waals surface area contributed by atoms with Crippen LogP contribution < -0.4 is 4.90 Å². The van der Waals surface area contributed by atoms with Crippen molar-refractivity contribution >= 4 is 17.4 Å². The standard InChI is InChI=1S/C16H15ClFN3O.C2H6/c17-16-19-13-12(15(20-16)21-7-1-2-8-21)9-22-14(13)10-3-5-11(18)6-4-10;1-2/h3-6,14H,1-2,7-9H2;1-2H3. The Morgan fingerprint density at radius 1 is 1.12 bits per heavy atom. The lowest BCUT2D eigenvalue weighted by Crippen LogP contribution is -2.21. The van der Waals surface area contributed by atoms with Gasteiger partial charge in [-0.05, 0) is 42.1 Å². The fourth-order valence-electron chi connectivity index (χ4n) is 3.14. The zero-order valence-corrected chi connectivity index (χ0v) is 14.7. The molecule has 0 N–H and O–H groups in total. The number of aromatic nitrogens is 2. The molecule has 0 amide bonds. The Morgan fingerprint density at radius 2 is 1.79 bits per heavy atom. The molecule has 0 bridgehead atoms. The number of halogens is 2. The Hall–Kier alpha value is -1.72. The number of anilines is 1. The van der Waals surface area contributed by atoms with Gasteiger partial charge < -0.3 is 9.64 Å². The average Bonchev–Trinajstić information content (AvgIpc) is 3.26. The van der Waals surface area contributed by atoms with Crippen molar-refractivity contribution in [3.63, 3.8) is 0 Å². The lowest BCUT2D eigenvalue weighted by atomic mass is 10.0. The molecule has 1 aromatic heterocycles. The van der Waals surface area contributed by atoms with Crippen LogP contribution in [-0.4, -0.2) is 23.1 Å². The van der Waals surface area contributed by atoms with E-state index in [0.717, 1.165) is 35.7 Å². The minimum absolute atomic E-state index is 0.235. The molecule has 0 aliphatic carbocycles. The quantitative estimate of drug-likeness (QED) is 0.747. The smallest absolute Gasteiger partial charge is 0.224 e. The fourth-order valence-corrected chi connectivity index (χ4v) is 3.32. The Kier molecular flexibility index (Phi) is 5.31. The summed E-state index contributed by atoms with van der Waals surface area (Å²) in [6.45, 7) is 6.43. The van der Waals surface area contributed by atoms with Gasteiger partial charge in [0.25, 0.3) is 0 Å². The number of rotatable bonds is 2. The van der Waals surface area contributed by atoms with Gasteiger partial charge in [-0.2, -0.15) is 0 Å². The predicted octanol–water partition coefficient (Wildman–Crippen LogP) is 4.52. The molecule has 2 aliphatic rings. The second kappa shape index (κ2) is 7.45.